The van der Waals surface area contributed by atoms with E-state index in [9.17, 15) is 32.8 Å². The molecule has 3 aliphatic rings. The first-order valence-corrected chi connectivity index (χ1v) is 13.0. The molecule has 5 rings (SSSR count). The predicted molar refractivity (Wildman–Crippen MR) is 132 cm³/mol. The molecule has 1 aliphatic carbocycles. The van der Waals surface area contributed by atoms with Crippen molar-refractivity contribution < 1.29 is 27.6 Å². The summed E-state index contributed by atoms with van der Waals surface area (Å²) in [7, 11) is 0. The lowest BCUT2D eigenvalue weighted by Crippen LogP contribution is -2.52. The number of aromatic amines is 1. The third-order valence-electron chi connectivity index (χ3n) is 8.01. The van der Waals surface area contributed by atoms with Crippen molar-refractivity contribution in [2.75, 3.05) is 13.1 Å². The number of halogens is 4. The van der Waals surface area contributed by atoms with E-state index in [-0.39, 0.29) is 40.5 Å². The molecule has 1 saturated carbocycles. The number of carbonyl (C=O) groups is 3. The first-order valence-electron chi connectivity index (χ1n) is 12.6. The van der Waals surface area contributed by atoms with Crippen LogP contribution in [-0.4, -0.2) is 58.7 Å². The van der Waals surface area contributed by atoms with E-state index in [0.717, 1.165) is 6.42 Å². The fourth-order valence-electron chi connectivity index (χ4n) is 6.20. The van der Waals surface area contributed by atoms with Crippen molar-refractivity contribution in [2.24, 2.45) is 17.8 Å². The number of nitrogens with zero attached hydrogens (tertiary/aromatic N) is 2. The van der Waals surface area contributed by atoms with Gasteiger partial charge in [-0.2, -0.15) is 5.26 Å². The maximum absolute atomic E-state index is 14.6. The standard InChI is InChI=1S/C26H27ClF3N5O3/c1-12-5-18(28)16-7-19(34-21(16)20(12)27)25(38)35-11-14-8-26(29,30)9-17(14)22(35)24(37)33-15(10-31)6-13-3-2-4-32-23(13)36/h5,7,13-15,17,22,34H,2-4,6,8-9,11H2,1H3,(H,32,36)(H,33,37)/t13-,14-,15+,17-,22-/m0/s1. The minimum atomic E-state index is -2.97. The predicted octanol–water partition coefficient (Wildman–Crippen LogP) is 3.68. The molecule has 8 nitrogen and oxygen atoms in total. The molecule has 0 unspecified atom stereocenters. The summed E-state index contributed by atoms with van der Waals surface area (Å²) in [5.74, 6) is -6.97. The van der Waals surface area contributed by atoms with Crippen LogP contribution >= 0.6 is 11.6 Å². The van der Waals surface area contributed by atoms with Crippen LogP contribution in [0.2, 0.25) is 5.02 Å². The minimum absolute atomic E-state index is 0.0216. The maximum Gasteiger partial charge on any atom is 0.271 e. The third-order valence-corrected chi connectivity index (χ3v) is 8.50. The van der Waals surface area contributed by atoms with Crippen LogP contribution in [0.4, 0.5) is 13.2 Å². The summed E-state index contributed by atoms with van der Waals surface area (Å²) >= 11 is 6.30. The van der Waals surface area contributed by atoms with Gasteiger partial charge in [-0.05, 0) is 55.7 Å². The van der Waals surface area contributed by atoms with E-state index < -0.39 is 66.2 Å². The molecule has 0 radical (unpaired) electrons. The number of amides is 3. The minimum Gasteiger partial charge on any atom is -0.356 e. The SMILES string of the molecule is Cc1cc(F)c2cc(C(=O)N3C[C@@H]4CC(F)(F)C[C@@H]4[C@H]3C(=O)N[C@@H](C#N)C[C@@H]3CCCNC3=O)[nH]c2c1Cl. The summed E-state index contributed by atoms with van der Waals surface area (Å²) in [4.78, 5) is 43.3. The van der Waals surface area contributed by atoms with E-state index in [0.29, 0.717) is 18.5 Å². The largest absolute Gasteiger partial charge is 0.356 e. The molecule has 3 amide bonds. The van der Waals surface area contributed by atoms with Gasteiger partial charge in [0, 0.05) is 37.2 Å². The Bertz CT molecular complexity index is 1360. The molecule has 38 heavy (non-hydrogen) atoms. The van der Waals surface area contributed by atoms with Crippen molar-refractivity contribution in [3.8, 4) is 6.07 Å². The number of likely N-dealkylation sites (tertiary alicyclic amines) is 1. The second kappa shape index (κ2) is 9.80. The highest BCUT2D eigenvalue weighted by molar-refractivity contribution is 6.36. The molecule has 2 aliphatic heterocycles. The van der Waals surface area contributed by atoms with Crippen molar-refractivity contribution >= 4 is 40.2 Å². The number of carbonyl (C=O) groups excluding carboxylic acids is 3. The second-order valence-corrected chi connectivity index (χ2v) is 11.0. The Hall–Kier alpha value is -3.26. The zero-order chi connectivity index (χ0) is 27.4. The number of alkyl halides is 2. The van der Waals surface area contributed by atoms with Gasteiger partial charge in [-0.15, -0.1) is 0 Å². The summed E-state index contributed by atoms with van der Waals surface area (Å²) < 4.78 is 43.2. The molecular weight excluding hydrogens is 523 g/mol. The van der Waals surface area contributed by atoms with Gasteiger partial charge in [0.15, 0.2) is 0 Å². The Balaban J connectivity index is 1.41. The van der Waals surface area contributed by atoms with E-state index in [2.05, 4.69) is 15.6 Å². The van der Waals surface area contributed by atoms with Gasteiger partial charge in [-0.1, -0.05) is 11.6 Å². The van der Waals surface area contributed by atoms with Crippen LogP contribution in [0.15, 0.2) is 12.1 Å². The van der Waals surface area contributed by atoms with Gasteiger partial charge in [-0.25, -0.2) is 13.2 Å². The topological polar surface area (TPSA) is 118 Å². The van der Waals surface area contributed by atoms with Crippen LogP contribution in [0.1, 0.15) is 48.2 Å². The fraction of sp³-hybridized carbons (Fsp3) is 0.538. The summed E-state index contributed by atoms with van der Waals surface area (Å²) in [6.45, 7) is 2.10. The van der Waals surface area contributed by atoms with E-state index in [1.807, 2.05) is 6.07 Å². The van der Waals surface area contributed by atoms with Crippen molar-refractivity contribution in [1.82, 2.24) is 20.5 Å². The zero-order valence-electron chi connectivity index (χ0n) is 20.6. The zero-order valence-corrected chi connectivity index (χ0v) is 21.4. The van der Waals surface area contributed by atoms with Crippen LogP contribution in [0.3, 0.4) is 0 Å². The van der Waals surface area contributed by atoms with Crippen LogP contribution in [0.25, 0.3) is 10.9 Å². The summed E-state index contributed by atoms with van der Waals surface area (Å²) in [5, 5.41) is 15.3. The van der Waals surface area contributed by atoms with Gasteiger partial charge in [0.1, 0.15) is 23.6 Å². The van der Waals surface area contributed by atoms with Gasteiger partial charge < -0.3 is 20.5 Å². The lowest BCUT2D eigenvalue weighted by atomic mass is 9.90. The quantitative estimate of drug-likeness (QED) is 0.527. The van der Waals surface area contributed by atoms with Gasteiger partial charge in [-0.3, -0.25) is 14.4 Å². The average Bonchev–Trinajstić information content (AvgIpc) is 3.53. The van der Waals surface area contributed by atoms with E-state index in [1.165, 1.54) is 17.0 Å². The molecule has 3 heterocycles. The van der Waals surface area contributed by atoms with Crippen LogP contribution in [-0.2, 0) is 9.59 Å². The molecule has 0 spiro atoms. The summed E-state index contributed by atoms with van der Waals surface area (Å²) in [6, 6.07) is 2.26. The molecule has 2 saturated heterocycles. The number of nitrogens with one attached hydrogen (secondary N) is 3. The lowest BCUT2D eigenvalue weighted by molar-refractivity contribution is -0.129. The van der Waals surface area contributed by atoms with Gasteiger partial charge in [0.25, 0.3) is 5.91 Å². The van der Waals surface area contributed by atoms with Gasteiger partial charge >= 0.3 is 0 Å². The molecule has 3 fully saturated rings. The molecule has 202 valence electrons. The van der Waals surface area contributed by atoms with Gasteiger partial charge in [0.05, 0.1) is 16.6 Å². The molecule has 1 aromatic carbocycles. The Morgan fingerprint density at radius 1 is 1.34 bits per heavy atom. The Morgan fingerprint density at radius 2 is 2.11 bits per heavy atom. The molecule has 1 aromatic heterocycles. The Kier molecular flexibility index (Phi) is 6.80. The number of rotatable bonds is 5. The molecule has 2 aromatic rings. The number of piperidine rings is 1. The smallest absolute Gasteiger partial charge is 0.271 e. The average molecular weight is 550 g/mol. The molecule has 3 N–H and O–H groups in total. The van der Waals surface area contributed by atoms with E-state index >= 15 is 0 Å². The third kappa shape index (κ3) is 4.70. The highest BCUT2D eigenvalue weighted by Gasteiger charge is 2.58. The normalized spacial score (nSPS) is 27.1. The number of nitriles is 1. The van der Waals surface area contributed by atoms with Crippen LogP contribution in [0.5, 0.6) is 0 Å². The molecule has 0 bridgehead atoms. The first kappa shape index (κ1) is 26.4. The highest BCUT2D eigenvalue weighted by Crippen LogP contribution is 2.50. The number of aryl methyl sites for hydroxylation is 1. The Labute approximate surface area is 221 Å². The maximum atomic E-state index is 14.6. The van der Waals surface area contributed by atoms with Gasteiger partial charge in [0.2, 0.25) is 17.7 Å². The van der Waals surface area contributed by atoms with Crippen molar-refractivity contribution in [1.29, 1.82) is 5.26 Å². The van der Waals surface area contributed by atoms with Crippen molar-refractivity contribution in [3.05, 3.63) is 34.2 Å². The molecule has 5 atom stereocenters. The Morgan fingerprint density at radius 3 is 2.82 bits per heavy atom. The number of hydrogen-bond acceptors (Lipinski definition) is 4. The van der Waals surface area contributed by atoms with E-state index in [1.54, 1.807) is 6.92 Å². The second-order valence-electron chi connectivity index (χ2n) is 10.6. The van der Waals surface area contributed by atoms with Crippen LogP contribution < -0.4 is 10.6 Å². The first-order chi connectivity index (χ1) is 18.0. The molecular formula is C26H27ClF3N5O3. The summed E-state index contributed by atoms with van der Waals surface area (Å²) in [6.07, 6.45) is 0.387. The monoisotopic (exact) mass is 549 g/mol. The van der Waals surface area contributed by atoms with E-state index in [4.69, 9.17) is 11.6 Å². The number of fused-ring (bicyclic) bond motifs is 2. The van der Waals surface area contributed by atoms with Crippen LogP contribution in [0, 0.1) is 41.8 Å². The number of aromatic nitrogens is 1. The number of hydrogen-bond donors (Lipinski definition) is 3. The number of benzene rings is 1. The summed E-state index contributed by atoms with van der Waals surface area (Å²) in [5.41, 5.74) is 0.684. The molecule has 12 heteroatoms. The van der Waals surface area contributed by atoms with Crippen molar-refractivity contribution in [2.45, 2.75) is 57.0 Å². The van der Waals surface area contributed by atoms with Crippen molar-refractivity contribution in [3.63, 3.8) is 0 Å². The fourth-order valence-corrected chi connectivity index (χ4v) is 6.41. The highest BCUT2D eigenvalue weighted by atomic mass is 35.5. The lowest BCUT2D eigenvalue weighted by Gasteiger charge is -2.29. The number of H-pyrrole nitrogens is 1.